The van der Waals surface area contributed by atoms with E-state index in [1.54, 1.807) is 0 Å². The van der Waals surface area contributed by atoms with Crippen molar-refractivity contribution in [2.75, 3.05) is 7.05 Å². The molecule has 1 N–H and O–H groups in total. The monoisotopic (exact) mass is 185 g/mol. The summed E-state index contributed by atoms with van der Waals surface area (Å²) in [7, 11) is 2.19. The van der Waals surface area contributed by atoms with Crippen LogP contribution in [0.25, 0.3) is 0 Å². The molecule has 5 fully saturated rings. The second kappa shape index (κ2) is 2.40. The lowest BCUT2D eigenvalue weighted by atomic mass is 9.81. The molecule has 5 rings (SSSR count). The molecule has 12 heavy (non-hydrogen) atoms. The van der Waals surface area contributed by atoms with Crippen molar-refractivity contribution in [2.24, 2.45) is 0 Å². The number of hydrogen-bond donors (Lipinski definition) is 1. The third kappa shape index (κ3) is 0.797. The van der Waals surface area contributed by atoms with Crippen LogP contribution in [0.1, 0.15) is 19.3 Å². The van der Waals surface area contributed by atoms with Crippen LogP contribution in [0.3, 0.4) is 0 Å². The molecule has 5 aliphatic rings. The lowest BCUT2D eigenvalue weighted by Crippen LogP contribution is -2.68. The summed E-state index contributed by atoms with van der Waals surface area (Å²) in [6, 6.07) is 1.24. The van der Waals surface area contributed by atoms with E-state index in [0.29, 0.717) is 6.04 Å². The van der Waals surface area contributed by atoms with Gasteiger partial charge in [0, 0.05) is 22.6 Å². The largest absolute Gasteiger partial charge is 0.391 e. The molecule has 0 spiro atoms. The van der Waals surface area contributed by atoms with Crippen LogP contribution in [-0.4, -0.2) is 45.7 Å². The van der Waals surface area contributed by atoms with Gasteiger partial charge in [0.1, 0.15) is 0 Å². The van der Waals surface area contributed by atoms with Gasteiger partial charge in [0.05, 0.1) is 6.10 Å². The van der Waals surface area contributed by atoms with Crippen molar-refractivity contribution in [3.05, 3.63) is 0 Å². The molecule has 5 aliphatic heterocycles. The minimum absolute atomic E-state index is 0.0391. The zero-order valence-corrected chi connectivity index (χ0v) is 8.13. The Bertz CT molecular complexity index is 205. The number of aliphatic hydroxyl groups is 1. The van der Waals surface area contributed by atoms with Gasteiger partial charge in [-0.05, 0) is 26.3 Å². The molecule has 0 radical (unpaired) electrons. The summed E-state index contributed by atoms with van der Waals surface area (Å²) in [5, 5.41) is 11.3. The predicted molar refractivity (Wildman–Crippen MR) is 50.4 cm³/mol. The summed E-state index contributed by atoms with van der Waals surface area (Å²) in [6.07, 6.45) is 3.70. The van der Waals surface area contributed by atoms with E-state index >= 15 is 0 Å². The van der Waals surface area contributed by atoms with Crippen molar-refractivity contribution in [3.63, 3.8) is 0 Å². The minimum atomic E-state index is -0.0391. The molecule has 0 aromatic heterocycles. The van der Waals surface area contributed by atoms with Gasteiger partial charge in [-0.3, -0.25) is 4.90 Å². The van der Waals surface area contributed by atoms with Crippen LogP contribution >= 0.6 is 11.8 Å². The van der Waals surface area contributed by atoms with Gasteiger partial charge in [-0.1, -0.05) is 0 Å². The van der Waals surface area contributed by atoms with Gasteiger partial charge in [-0.15, -0.1) is 0 Å². The second-order valence-electron chi connectivity index (χ2n) is 4.32. The van der Waals surface area contributed by atoms with Gasteiger partial charge >= 0.3 is 0 Å². The molecular formula is C9H15NOS. The van der Waals surface area contributed by atoms with Gasteiger partial charge < -0.3 is 5.11 Å². The highest BCUT2D eigenvalue weighted by Crippen LogP contribution is 2.50. The lowest BCUT2D eigenvalue weighted by molar-refractivity contribution is -0.0358. The SMILES string of the molecule is CN1[C@@H]2[C@H](O)C[C@H]3S[C@@H]2CC[C@H]31. The number of fused-ring (bicyclic) bond motifs is 2. The average molecular weight is 185 g/mol. The molecule has 5 atom stereocenters. The summed E-state index contributed by atoms with van der Waals surface area (Å²) in [4.78, 5) is 2.43. The van der Waals surface area contributed by atoms with E-state index < -0.39 is 0 Å². The van der Waals surface area contributed by atoms with Gasteiger partial charge in [-0.25, -0.2) is 0 Å². The van der Waals surface area contributed by atoms with Crippen molar-refractivity contribution in [2.45, 2.75) is 47.9 Å². The normalized spacial score (nSPS) is 58.0. The fraction of sp³-hybridized carbons (Fsp3) is 1.00. The Morgan fingerprint density at radius 1 is 1.33 bits per heavy atom. The van der Waals surface area contributed by atoms with Crippen LogP contribution in [0.4, 0.5) is 0 Å². The van der Waals surface area contributed by atoms with Crippen molar-refractivity contribution < 1.29 is 5.11 Å². The first-order valence-electron chi connectivity index (χ1n) is 4.83. The molecule has 0 aliphatic carbocycles. The number of thioether (sulfide) groups is 1. The van der Waals surface area contributed by atoms with Gasteiger partial charge in [-0.2, -0.15) is 11.8 Å². The van der Waals surface area contributed by atoms with E-state index in [0.717, 1.165) is 23.0 Å². The molecule has 2 nitrogen and oxygen atoms in total. The Balaban J connectivity index is 1.97. The van der Waals surface area contributed by atoms with Crippen molar-refractivity contribution in [1.29, 1.82) is 0 Å². The zero-order chi connectivity index (χ0) is 8.29. The maximum Gasteiger partial charge on any atom is 0.0717 e. The number of piperidine rings is 2. The molecule has 0 saturated carbocycles. The highest BCUT2D eigenvalue weighted by molar-refractivity contribution is 8.00. The van der Waals surface area contributed by atoms with Crippen LogP contribution in [0.2, 0.25) is 0 Å². The molecule has 0 aromatic rings. The minimum Gasteiger partial charge on any atom is -0.391 e. The summed E-state index contributed by atoms with van der Waals surface area (Å²) in [5.74, 6) is 0. The topological polar surface area (TPSA) is 23.5 Å². The second-order valence-corrected chi connectivity index (χ2v) is 5.80. The number of hydrogen-bond acceptors (Lipinski definition) is 3. The molecule has 3 heteroatoms. The predicted octanol–water partition coefficient (Wildman–Crippen LogP) is 0.698. The third-order valence-electron chi connectivity index (χ3n) is 3.77. The van der Waals surface area contributed by atoms with Crippen LogP contribution < -0.4 is 0 Å². The van der Waals surface area contributed by atoms with E-state index in [2.05, 4.69) is 23.7 Å². The van der Waals surface area contributed by atoms with Crippen molar-refractivity contribution in [1.82, 2.24) is 4.90 Å². The Hall–Kier alpha value is 0.270. The van der Waals surface area contributed by atoms with E-state index in [1.165, 1.54) is 12.8 Å². The molecule has 0 amide bonds. The highest BCUT2D eigenvalue weighted by atomic mass is 32.2. The van der Waals surface area contributed by atoms with Crippen LogP contribution in [-0.2, 0) is 0 Å². The van der Waals surface area contributed by atoms with E-state index in [-0.39, 0.29) is 6.10 Å². The summed E-state index contributed by atoms with van der Waals surface area (Å²) < 4.78 is 0. The van der Waals surface area contributed by atoms with E-state index in [4.69, 9.17) is 0 Å². The fourth-order valence-corrected chi connectivity index (χ4v) is 5.29. The molecule has 5 saturated heterocycles. The van der Waals surface area contributed by atoms with E-state index in [9.17, 15) is 5.11 Å². The average Bonchev–Trinajstić information content (AvgIpc) is 2.03. The quantitative estimate of drug-likeness (QED) is 0.601. The number of aliphatic hydroxyl groups excluding tert-OH is 1. The zero-order valence-electron chi connectivity index (χ0n) is 7.31. The number of nitrogens with zero attached hydrogens (tertiary/aromatic N) is 1. The van der Waals surface area contributed by atoms with Crippen molar-refractivity contribution in [3.8, 4) is 0 Å². The summed E-state index contributed by atoms with van der Waals surface area (Å²) in [5.41, 5.74) is 0. The Morgan fingerprint density at radius 2 is 2.17 bits per heavy atom. The summed E-state index contributed by atoms with van der Waals surface area (Å²) >= 11 is 2.14. The van der Waals surface area contributed by atoms with Crippen LogP contribution in [0, 0.1) is 0 Å². The van der Waals surface area contributed by atoms with Gasteiger partial charge in [0.15, 0.2) is 0 Å². The lowest BCUT2D eigenvalue weighted by Gasteiger charge is -2.59. The van der Waals surface area contributed by atoms with Crippen molar-refractivity contribution >= 4 is 11.8 Å². The smallest absolute Gasteiger partial charge is 0.0717 e. The molecule has 4 bridgehead atoms. The molecule has 68 valence electrons. The first-order valence-corrected chi connectivity index (χ1v) is 5.77. The summed E-state index contributed by atoms with van der Waals surface area (Å²) in [6.45, 7) is 0. The maximum atomic E-state index is 9.84. The molecule has 5 heterocycles. The first kappa shape index (κ1) is 7.65. The standard InChI is InChI=1S/C9H15NOS/c1-10-5-2-3-7-9(10)6(11)4-8(5)12-7/h5-9,11H,2-4H2,1H3/t5-,6-,7-,8-,9-/m1/s1. The van der Waals surface area contributed by atoms with Gasteiger partial charge in [0.25, 0.3) is 0 Å². The maximum absolute atomic E-state index is 9.84. The molecular weight excluding hydrogens is 170 g/mol. The Kier molecular flexibility index (Phi) is 1.53. The number of likely N-dealkylation sites (N-methyl/N-ethyl adjacent to an activating group) is 1. The van der Waals surface area contributed by atoms with Crippen LogP contribution in [0.15, 0.2) is 0 Å². The number of rotatable bonds is 0. The Morgan fingerprint density at radius 3 is 2.75 bits per heavy atom. The van der Waals surface area contributed by atoms with E-state index in [1.807, 2.05) is 0 Å². The Labute approximate surface area is 77.3 Å². The molecule has 0 unspecified atom stereocenters. The first-order chi connectivity index (χ1) is 5.77. The van der Waals surface area contributed by atoms with Crippen LogP contribution in [0.5, 0.6) is 0 Å². The fourth-order valence-electron chi connectivity index (χ4n) is 3.21. The molecule has 0 aromatic carbocycles. The van der Waals surface area contributed by atoms with Gasteiger partial charge in [0.2, 0.25) is 0 Å². The highest BCUT2D eigenvalue weighted by Gasteiger charge is 2.53. The third-order valence-corrected chi connectivity index (χ3v) is 5.49.